The quantitative estimate of drug-likeness (QED) is 0.651. The normalized spacial score (nSPS) is 18.2. The standard InChI is InChI=1S/C15H30N2O3/c1-3-5-13(12-16)15(18)17-8-6-14(7-9-17)20-11-10-19-4-2/h13-14H,3-12,16H2,1-2H3. The van der Waals surface area contributed by atoms with Crippen LogP contribution in [0.25, 0.3) is 0 Å². The van der Waals surface area contributed by atoms with Gasteiger partial charge in [-0.25, -0.2) is 0 Å². The second-order valence-electron chi connectivity index (χ2n) is 5.31. The second kappa shape index (κ2) is 10.1. The van der Waals surface area contributed by atoms with Gasteiger partial charge in [-0.2, -0.15) is 0 Å². The third-order valence-electron chi connectivity index (χ3n) is 3.81. The van der Waals surface area contributed by atoms with Crippen LogP contribution in [0.15, 0.2) is 0 Å². The second-order valence-corrected chi connectivity index (χ2v) is 5.31. The lowest BCUT2D eigenvalue weighted by atomic mass is 10.00. The monoisotopic (exact) mass is 286 g/mol. The lowest BCUT2D eigenvalue weighted by Gasteiger charge is -2.34. The topological polar surface area (TPSA) is 64.8 Å². The van der Waals surface area contributed by atoms with Crippen LogP contribution in [0.1, 0.15) is 39.5 Å². The van der Waals surface area contributed by atoms with Crippen molar-refractivity contribution in [2.75, 3.05) is 39.5 Å². The van der Waals surface area contributed by atoms with Crippen LogP contribution in [0.3, 0.4) is 0 Å². The molecule has 0 aromatic carbocycles. The maximum absolute atomic E-state index is 12.3. The van der Waals surface area contributed by atoms with Crippen molar-refractivity contribution in [2.24, 2.45) is 11.7 Å². The first-order chi connectivity index (χ1) is 9.72. The SMILES string of the molecule is CCCC(CN)C(=O)N1CCC(OCCOCC)CC1. The molecule has 0 bridgehead atoms. The highest BCUT2D eigenvalue weighted by Gasteiger charge is 2.27. The van der Waals surface area contributed by atoms with Crippen molar-refractivity contribution in [2.45, 2.75) is 45.6 Å². The van der Waals surface area contributed by atoms with Crippen molar-refractivity contribution in [1.82, 2.24) is 4.90 Å². The summed E-state index contributed by atoms with van der Waals surface area (Å²) < 4.78 is 11.0. The lowest BCUT2D eigenvalue weighted by Crippen LogP contribution is -2.45. The number of hydrogen-bond donors (Lipinski definition) is 1. The summed E-state index contributed by atoms with van der Waals surface area (Å²) in [5, 5.41) is 0. The molecule has 1 heterocycles. The number of carbonyl (C=O) groups is 1. The van der Waals surface area contributed by atoms with Crippen LogP contribution in [0.2, 0.25) is 0 Å². The molecule has 0 aromatic rings. The minimum Gasteiger partial charge on any atom is -0.379 e. The zero-order valence-corrected chi connectivity index (χ0v) is 13.0. The van der Waals surface area contributed by atoms with Crippen LogP contribution < -0.4 is 5.73 Å². The summed E-state index contributed by atoms with van der Waals surface area (Å²) in [6.45, 7) is 8.14. The Morgan fingerprint density at radius 1 is 1.30 bits per heavy atom. The Morgan fingerprint density at radius 3 is 2.55 bits per heavy atom. The highest BCUT2D eigenvalue weighted by atomic mass is 16.5. The Hall–Kier alpha value is -0.650. The van der Waals surface area contributed by atoms with Gasteiger partial charge >= 0.3 is 0 Å². The molecule has 2 N–H and O–H groups in total. The molecule has 1 atom stereocenters. The zero-order chi connectivity index (χ0) is 14.8. The Labute approximate surface area is 122 Å². The van der Waals surface area contributed by atoms with E-state index in [-0.39, 0.29) is 17.9 Å². The Kier molecular flexibility index (Phi) is 8.82. The number of nitrogens with two attached hydrogens (primary N) is 1. The predicted octanol–water partition coefficient (Wildman–Crippen LogP) is 1.41. The van der Waals surface area contributed by atoms with Gasteiger partial charge in [0.25, 0.3) is 0 Å². The van der Waals surface area contributed by atoms with Crippen LogP contribution in [0.5, 0.6) is 0 Å². The summed E-state index contributed by atoms with van der Waals surface area (Å²) in [5.74, 6) is 0.220. The molecular formula is C15H30N2O3. The number of hydrogen-bond acceptors (Lipinski definition) is 4. The third-order valence-corrected chi connectivity index (χ3v) is 3.81. The number of likely N-dealkylation sites (tertiary alicyclic amines) is 1. The van der Waals surface area contributed by atoms with Crippen LogP contribution >= 0.6 is 0 Å². The van der Waals surface area contributed by atoms with Gasteiger partial charge in [-0.15, -0.1) is 0 Å². The van der Waals surface area contributed by atoms with Crippen LogP contribution in [-0.4, -0.2) is 56.4 Å². The van der Waals surface area contributed by atoms with E-state index >= 15 is 0 Å². The average Bonchev–Trinajstić information content (AvgIpc) is 2.49. The maximum atomic E-state index is 12.3. The molecule has 20 heavy (non-hydrogen) atoms. The fourth-order valence-corrected chi connectivity index (χ4v) is 2.61. The summed E-state index contributed by atoms with van der Waals surface area (Å²) in [7, 11) is 0. The fourth-order valence-electron chi connectivity index (χ4n) is 2.61. The van der Waals surface area contributed by atoms with Crippen LogP contribution in [0, 0.1) is 5.92 Å². The van der Waals surface area contributed by atoms with Gasteiger partial charge in [0.1, 0.15) is 0 Å². The van der Waals surface area contributed by atoms with E-state index in [1.165, 1.54) is 0 Å². The first-order valence-electron chi connectivity index (χ1n) is 7.91. The van der Waals surface area contributed by atoms with Crippen molar-refractivity contribution >= 4 is 5.91 Å². The van der Waals surface area contributed by atoms with E-state index in [4.69, 9.17) is 15.2 Å². The van der Waals surface area contributed by atoms with Crippen molar-refractivity contribution < 1.29 is 14.3 Å². The lowest BCUT2D eigenvalue weighted by molar-refractivity contribution is -0.138. The summed E-state index contributed by atoms with van der Waals surface area (Å²) >= 11 is 0. The smallest absolute Gasteiger partial charge is 0.226 e. The summed E-state index contributed by atoms with van der Waals surface area (Å²) in [6.07, 6.45) is 4.00. The van der Waals surface area contributed by atoms with Gasteiger partial charge in [-0.1, -0.05) is 13.3 Å². The largest absolute Gasteiger partial charge is 0.379 e. The molecule has 0 radical (unpaired) electrons. The average molecular weight is 286 g/mol. The van der Waals surface area contributed by atoms with Gasteiger partial charge in [0.05, 0.1) is 25.2 Å². The molecular weight excluding hydrogens is 256 g/mol. The molecule has 5 heteroatoms. The molecule has 0 saturated carbocycles. The minimum atomic E-state index is -0.00424. The van der Waals surface area contributed by atoms with Gasteiger partial charge in [-0.05, 0) is 26.2 Å². The van der Waals surface area contributed by atoms with Crippen LogP contribution in [0.4, 0.5) is 0 Å². The van der Waals surface area contributed by atoms with E-state index in [9.17, 15) is 4.79 Å². The van der Waals surface area contributed by atoms with Crippen LogP contribution in [-0.2, 0) is 14.3 Å². The van der Waals surface area contributed by atoms with Crippen molar-refractivity contribution in [1.29, 1.82) is 0 Å². The molecule has 1 unspecified atom stereocenters. The Balaban J connectivity index is 2.25. The Morgan fingerprint density at radius 2 is 2.00 bits per heavy atom. The fraction of sp³-hybridized carbons (Fsp3) is 0.933. The van der Waals surface area contributed by atoms with Gasteiger partial charge < -0.3 is 20.1 Å². The van der Waals surface area contributed by atoms with E-state index in [0.717, 1.165) is 45.4 Å². The summed E-state index contributed by atoms with van der Waals surface area (Å²) in [4.78, 5) is 14.3. The molecule has 1 rings (SSSR count). The number of rotatable bonds is 9. The van der Waals surface area contributed by atoms with Crippen molar-refractivity contribution in [3.05, 3.63) is 0 Å². The third kappa shape index (κ3) is 5.77. The highest BCUT2D eigenvalue weighted by Crippen LogP contribution is 2.17. The molecule has 5 nitrogen and oxygen atoms in total. The van der Waals surface area contributed by atoms with Gasteiger partial charge in [0.2, 0.25) is 5.91 Å². The minimum absolute atomic E-state index is 0.00424. The molecule has 1 aliphatic heterocycles. The summed E-state index contributed by atoms with van der Waals surface area (Å²) in [5.41, 5.74) is 5.70. The first-order valence-corrected chi connectivity index (χ1v) is 7.91. The maximum Gasteiger partial charge on any atom is 0.226 e. The predicted molar refractivity (Wildman–Crippen MR) is 79.5 cm³/mol. The van der Waals surface area contributed by atoms with E-state index in [1.54, 1.807) is 0 Å². The molecule has 0 aromatic heterocycles. The van der Waals surface area contributed by atoms with Crippen molar-refractivity contribution in [3.8, 4) is 0 Å². The number of ether oxygens (including phenoxy) is 2. The number of nitrogens with zero attached hydrogens (tertiary/aromatic N) is 1. The van der Waals surface area contributed by atoms with E-state index in [0.29, 0.717) is 19.8 Å². The van der Waals surface area contributed by atoms with Gasteiger partial charge in [0, 0.05) is 26.2 Å². The van der Waals surface area contributed by atoms with E-state index < -0.39 is 0 Å². The number of carbonyl (C=O) groups excluding carboxylic acids is 1. The first kappa shape index (κ1) is 17.4. The van der Waals surface area contributed by atoms with Gasteiger partial charge in [-0.3, -0.25) is 4.79 Å². The van der Waals surface area contributed by atoms with E-state index in [1.807, 2.05) is 11.8 Å². The van der Waals surface area contributed by atoms with Gasteiger partial charge in [0.15, 0.2) is 0 Å². The summed E-state index contributed by atoms with van der Waals surface area (Å²) in [6, 6.07) is 0. The molecule has 118 valence electrons. The zero-order valence-electron chi connectivity index (χ0n) is 13.0. The molecule has 1 fully saturated rings. The molecule has 1 aliphatic rings. The number of piperidine rings is 1. The number of amides is 1. The van der Waals surface area contributed by atoms with Crippen molar-refractivity contribution in [3.63, 3.8) is 0 Å². The van der Waals surface area contributed by atoms with E-state index in [2.05, 4.69) is 6.92 Å². The Bertz CT molecular complexity index is 266. The molecule has 1 amide bonds. The molecule has 1 saturated heterocycles. The molecule has 0 aliphatic carbocycles. The molecule has 0 spiro atoms. The highest BCUT2D eigenvalue weighted by molar-refractivity contribution is 5.79.